The highest BCUT2D eigenvalue weighted by atomic mass is 16.2. The molecule has 1 heterocycles. The predicted molar refractivity (Wildman–Crippen MR) is 78.8 cm³/mol. The summed E-state index contributed by atoms with van der Waals surface area (Å²) in [7, 11) is 0. The molecule has 1 amide bonds. The maximum atomic E-state index is 12.4. The summed E-state index contributed by atoms with van der Waals surface area (Å²) in [6, 6.07) is 13.0. The van der Waals surface area contributed by atoms with Gasteiger partial charge in [0.05, 0.1) is 6.04 Å². The number of benzene rings is 1. The number of amides is 1. The van der Waals surface area contributed by atoms with Crippen molar-refractivity contribution >= 4 is 5.91 Å². The molecule has 20 heavy (non-hydrogen) atoms. The number of carbonyl (C=O) groups is 1. The van der Waals surface area contributed by atoms with Gasteiger partial charge in [0.1, 0.15) is 5.54 Å². The van der Waals surface area contributed by atoms with Crippen molar-refractivity contribution in [2.75, 3.05) is 0 Å². The quantitative estimate of drug-likeness (QED) is 0.893. The van der Waals surface area contributed by atoms with Gasteiger partial charge in [-0.3, -0.25) is 9.78 Å². The fourth-order valence-electron chi connectivity index (χ4n) is 1.98. The van der Waals surface area contributed by atoms with E-state index in [2.05, 4.69) is 10.3 Å². The second-order valence-electron chi connectivity index (χ2n) is 5.05. The Labute approximate surface area is 119 Å². The lowest BCUT2D eigenvalue weighted by molar-refractivity contribution is -0.126. The van der Waals surface area contributed by atoms with Gasteiger partial charge in [-0.15, -0.1) is 0 Å². The van der Waals surface area contributed by atoms with E-state index in [1.54, 1.807) is 19.3 Å². The first-order valence-corrected chi connectivity index (χ1v) is 6.57. The van der Waals surface area contributed by atoms with Crippen molar-refractivity contribution in [1.29, 1.82) is 0 Å². The minimum atomic E-state index is -1.06. The van der Waals surface area contributed by atoms with Gasteiger partial charge >= 0.3 is 0 Å². The fraction of sp³-hybridized carbons (Fsp3) is 0.250. The van der Waals surface area contributed by atoms with Gasteiger partial charge in [-0.25, -0.2) is 0 Å². The van der Waals surface area contributed by atoms with E-state index in [4.69, 9.17) is 5.73 Å². The molecule has 2 unspecified atom stereocenters. The molecule has 4 heteroatoms. The number of hydrogen-bond acceptors (Lipinski definition) is 3. The van der Waals surface area contributed by atoms with Crippen molar-refractivity contribution in [2.24, 2.45) is 5.73 Å². The number of rotatable bonds is 4. The lowest BCUT2D eigenvalue weighted by atomic mass is 9.92. The van der Waals surface area contributed by atoms with Crippen LogP contribution in [0.5, 0.6) is 0 Å². The predicted octanol–water partition coefficient (Wildman–Crippen LogP) is 2.13. The summed E-state index contributed by atoms with van der Waals surface area (Å²) in [5, 5.41) is 2.93. The second-order valence-corrected chi connectivity index (χ2v) is 5.05. The lowest BCUT2D eigenvalue weighted by Gasteiger charge is -2.26. The molecule has 0 saturated carbocycles. The molecule has 4 nitrogen and oxygen atoms in total. The molecule has 0 aliphatic carbocycles. The van der Waals surface area contributed by atoms with E-state index >= 15 is 0 Å². The largest absolute Gasteiger partial charge is 0.348 e. The maximum Gasteiger partial charge on any atom is 0.244 e. The van der Waals surface area contributed by atoms with Crippen molar-refractivity contribution in [3.05, 3.63) is 66.0 Å². The SMILES string of the molecule is CC(NC(=O)C(C)(N)c1ccccc1)c1cccnc1. The zero-order chi connectivity index (χ0) is 14.6. The van der Waals surface area contributed by atoms with E-state index in [-0.39, 0.29) is 11.9 Å². The van der Waals surface area contributed by atoms with Crippen LogP contribution in [0.4, 0.5) is 0 Å². The molecule has 2 rings (SSSR count). The molecular weight excluding hydrogens is 250 g/mol. The lowest BCUT2D eigenvalue weighted by Crippen LogP contribution is -2.49. The molecule has 0 aliphatic heterocycles. The van der Waals surface area contributed by atoms with Crippen LogP contribution >= 0.6 is 0 Å². The van der Waals surface area contributed by atoms with Crippen molar-refractivity contribution in [3.63, 3.8) is 0 Å². The summed E-state index contributed by atoms with van der Waals surface area (Å²) in [6.07, 6.45) is 3.44. The van der Waals surface area contributed by atoms with Crippen molar-refractivity contribution in [2.45, 2.75) is 25.4 Å². The van der Waals surface area contributed by atoms with Gasteiger partial charge in [0, 0.05) is 12.4 Å². The average Bonchev–Trinajstić information content (AvgIpc) is 2.49. The Balaban J connectivity index is 2.12. The van der Waals surface area contributed by atoms with Crippen molar-refractivity contribution in [3.8, 4) is 0 Å². The first kappa shape index (κ1) is 14.2. The number of nitrogens with one attached hydrogen (secondary N) is 1. The highest BCUT2D eigenvalue weighted by Gasteiger charge is 2.31. The first-order valence-electron chi connectivity index (χ1n) is 6.57. The first-order chi connectivity index (χ1) is 9.51. The smallest absolute Gasteiger partial charge is 0.244 e. The Morgan fingerprint density at radius 3 is 2.55 bits per heavy atom. The molecule has 0 radical (unpaired) electrons. The minimum absolute atomic E-state index is 0.136. The summed E-state index contributed by atoms with van der Waals surface area (Å²) in [6.45, 7) is 3.63. The molecule has 0 fully saturated rings. The normalized spacial score (nSPS) is 15.2. The van der Waals surface area contributed by atoms with Gasteiger partial charge in [-0.2, -0.15) is 0 Å². The molecule has 2 aromatic rings. The van der Waals surface area contributed by atoms with Gasteiger partial charge in [-0.05, 0) is 31.0 Å². The number of pyridine rings is 1. The molecule has 3 N–H and O–H groups in total. The van der Waals surface area contributed by atoms with E-state index < -0.39 is 5.54 Å². The van der Waals surface area contributed by atoms with Crippen LogP contribution in [-0.2, 0) is 10.3 Å². The minimum Gasteiger partial charge on any atom is -0.348 e. The molecule has 0 bridgehead atoms. The molecule has 0 aliphatic rings. The second kappa shape index (κ2) is 5.84. The topological polar surface area (TPSA) is 68.0 Å². The number of carbonyl (C=O) groups excluding carboxylic acids is 1. The molecule has 0 spiro atoms. The van der Waals surface area contributed by atoms with Crippen LogP contribution in [0.1, 0.15) is 31.0 Å². The van der Waals surface area contributed by atoms with Gasteiger partial charge in [0.25, 0.3) is 0 Å². The highest BCUT2D eigenvalue weighted by Crippen LogP contribution is 2.19. The van der Waals surface area contributed by atoms with Crippen LogP contribution in [0.25, 0.3) is 0 Å². The Morgan fingerprint density at radius 1 is 1.25 bits per heavy atom. The van der Waals surface area contributed by atoms with E-state index in [1.165, 1.54) is 0 Å². The van der Waals surface area contributed by atoms with Gasteiger partial charge in [0.2, 0.25) is 5.91 Å². The van der Waals surface area contributed by atoms with E-state index in [9.17, 15) is 4.79 Å². The fourth-order valence-corrected chi connectivity index (χ4v) is 1.98. The Hall–Kier alpha value is -2.20. The highest BCUT2D eigenvalue weighted by molar-refractivity contribution is 5.87. The van der Waals surface area contributed by atoms with Crippen LogP contribution in [-0.4, -0.2) is 10.9 Å². The molecule has 1 aromatic carbocycles. The van der Waals surface area contributed by atoms with Gasteiger partial charge in [-0.1, -0.05) is 36.4 Å². The van der Waals surface area contributed by atoms with E-state index in [0.29, 0.717) is 0 Å². The van der Waals surface area contributed by atoms with Gasteiger partial charge in [0.15, 0.2) is 0 Å². The molecule has 104 valence electrons. The summed E-state index contributed by atoms with van der Waals surface area (Å²) in [5.41, 5.74) is 6.86. The monoisotopic (exact) mass is 269 g/mol. The van der Waals surface area contributed by atoms with Gasteiger partial charge < -0.3 is 11.1 Å². The standard InChI is InChI=1S/C16H19N3O/c1-12(13-7-6-10-18-11-13)19-15(20)16(2,17)14-8-4-3-5-9-14/h3-12H,17H2,1-2H3,(H,19,20). The number of aromatic nitrogens is 1. The van der Waals surface area contributed by atoms with Crippen LogP contribution in [0.15, 0.2) is 54.9 Å². The number of nitrogens with two attached hydrogens (primary N) is 1. The average molecular weight is 269 g/mol. The Kier molecular flexibility index (Phi) is 4.15. The molecule has 1 aromatic heterocycles. The summed E-state index contributed by atoms with van der Waals surface area (Å²) in [4.78, 5) is 16.4. The molecule has 0 saturated heterocycles. The van der Waals surface area contributed by atoms with E-state index in [1.807, 2.05) is 49.4 Å². The maximum absolute atomic E-state index is 12.4. The zero-order valence-corrected chi connectivity index (χ0v) is 11.7. The molecular formula is C16H19N3O. The summed E-state index contributed by atoms with van der Waals surface area (Å²) < 4.78 is 0. The number of nitrogens with zero attached hydrogens (tertiary/aromatic N) is 1. The van der Waals surface area contributed by atoms with Crippen LogP contribution in [0.2, 0.25) is 0 Å². The van der Waals surface area contributed by atoms with E-state index in [0.717, 1.165) is 11.1 Å². The van der Waals surface area contributed by atoms with Crippen LogP contribution < -0.4 is 11.1 Å². The molecule has 2 atom stereocenters. The van der Waals surface area contributed by atoms with Crippen molar-refractivity contribution < 1.29 is 4.79 Å². The third kappa shape index (κ3) is 3.03. The van der Waals surface area contributed by atoms with Crippen LogP contribution in [0.3, 0.4) is 0 Å². The third-order valence-corrected chi connectivity index (χ3v) is 3.38. The number of hydrogen-bond donors (Lipinski definition) is 2. The Morgan fingerprint density at radius 2 is 1.95 bits per heavy atom. The Bertz CT molecular complexity index is 567. The van der Waals surface area contributed by atoms with Crippen LogP contribution in [0, 0.1) is 0 Å². The third-order valence-electron chi connectivity index (χ3n) is 3.38. The summed E-state index contributed by atoms with van der Waals surface area (Å²) in [5.74, 6) is -0.208. The zero-order valence-electron chi connectivity index (χ0n) is 11.7. The summed E-state index contributed by atoms with van der Waals surface area (Å²) >= 11 is 0. The van der Waals surface area contributed by atoms with Crippen molar-refractivity contribution in [1.82, 2.24) is 10.3 Å².